The zero-order valence-electron chi connectivity index (χ0n) is 18.8. The average molecular weight is 415 g/mol. The number of hydrogen-bond donors (Lipinski definition) is 1. The van der Waals surface area contributed by atoms with E-state index in [1.807, 2.05) is 12.1 Å². The van der Waals surface area contributed by atoms with Gasteiger partial charge in [0.25, 0.3) is 0 Å². The number of carbonyl (C=O) groups is 1. The first-order valence-electron chi connectivity index (χ1n) is 10.9. The minimum Gasteiger partial charge on any atom is -0.464 e. The van der Waals surface area contributed by atoms with Crippen LogP contribution in [0, 0.1) is 5.41 Å². The van der Waals surface area contributed by atoms with E-state index < -0.39 is 5.97 Å². The van der Waals surface area contributed by atoms with E-state index in [9.17, 15) is 4.79 Å². The van der Waals surface area contributed by atoms with Gasteiger partial charge in [-0.05, 0) is 59.6 Å². The number of aromatic nitrogens is 1. The third-order valence-corrected chi connectivity index (χ3v) is 5.62. The highest BCUT2D eigenvalue weighted by molar-refractivity contribution is 5.96. The first-order valence-corrected chi connectivity index (χ1v) is 10.9. The van der Waals surface area contributed by atoms with Gasteiger partial charge >= 0.3 is 5.97 Å². The van der Waals surface area contributed by atoms with Gasteiger partial charge in [-0.3, -0.25) is 0 Å². The Labute approximate surface area is 184 Å². The summed E-state index contributed by atoms with van der Waals surface area (Å²) in [5.74, 6) is -0.424. The maximum absolute atomic E-state index is 12.6. The molecule has 0 aliphatic carbocycles. The Balaban J connectivity index is 1.70. The van der Waals surface area contributed by atoms with Gasteiger partial charge in [0.2, 0.25) is 0 Å². The van der Waals surface area contributed by atoms with Crippen LogP contribution < -0.4 is 5.32 Å². The van der Waals surface area contributed by atoms with Gasteiger partial charge in [0.15, 0.2) is 5.69 Å². The first-order chi connectivity index (χ1) is 14.8. The fraction of sp³-hybridized carbons (Fsp3) is 0.333. The number of nitrogens with zero attached hydrogens (tertiary/aromatic N) is 1. The molecule has 0 bridgehead atoms. The smallest absolute Gasteiger partial charge is 0.357 e. The van der Waals surface area contributed by atoms with Crippen LogP contribution in [0.3, 0.4) is 0 Å². The molecule has 2 aromatic carbocycles. The molecular formula is C27H30N2O2. The van der Waals surface area contributed by atoms with Crippen molar-refractivity contribution in [1.29, 1.82) is 0 Å². The van der Waals surface area contributed by atoms with Gasteiger partial charge in [0, 0.05) is 23.4 Å². The molecule has 4 nitrogen and oxygen atoms in total. The number of esters is 1. The number of nitrogens with one attached hydrogen (secondary N) is 1. The molecule has 0 saturated carbocycles. The van der Waals surface area contributed by atoms with E-state index in [1.165, 1.54) is 18.2 Å². The van der Waals surface area contributed by atoms with Crippen LogP contribution in [-0.4, -0.2) is 24.6 Å². The molecule has 1 aliphatic rings. The Hall–Kier alpha value is -3.14. The molecule has 0 radical (unpaired) electrons. The van der Waals surface area contributed by atoms with Crippen molar-refractivity contribution in [1.82, 2.24) is 4.98 Å². The van der Waals surface area contributed by atoms with Gasteiger partial charge in [-0.2, -0.15) is 0 Å². The van der Waals surface area contributed by atoms with Crippen molar-refractivity contribution in [2.75, 3.05) is 19.0 Å². The molecule has 2 heterocycles. The summed E-state index contributed by atoms with van der Waals surface area (Å²) in [4.78, 5) is 17.3. The minimum absolute atomic E-state index is 0.228. The Bertz CT molecular complexity index is 1100. The minimum atomic E-state index is -0.424. The summed E-state index contributed by atoms with van der Waals surface area (Å²) in [5, 5.41) is 3.46. The van der Waals surface area contributed by atoms with E-state index in [2.05, 4.69) is 68.6 Å². The van der Waals surface area contributed by atoms with Crippen molar-refractivity contribution in [3.8, 4) is 22.4 Å². The normalized spacial score (nSPS) is 13.3. The number of fused-ring (bicyclic) bond motifs is 1. The highest BCUT2D eigenvalue weighted by Gasteiger charge is 2.18. The van der Waals surface area contributed by atoms with Crippen molar-refractivity contribution in [2.24, 2.45) is 5.41 Å². The van der Waals surface area contributed by atoms with Crippen LogP contribution in [0.2, 0.25) is 0 Å². The third kappa shape index (κ3) is 4.79. The van der Waals surface area contributed by atoms with Gasteiger partial charge in [-0.25, -0.2) is 9.78 Å². The lowest BCUT2D eigenvalue weighted by molar-refractivity contribution is 0.0595. The van der Waals surface area contributed by atoms with Crippen LogP contribution in [-0.2, 0) is 17.6 Å². The number of ether oxygens (including phenoxy) is 1. The molecule has 0 amide bonds. The van der Waals surface area contributed by atoms with Crippen LogP contribution >= 0.6 is 0 Å². The van der Waals surface area contributed by atoms with Crippen LogP contribution in [0.1, 0.15) is 48.8 Å². The summed E-state index contributed by atoms with van der Waals surface area (Å²) in [7, 11) is 1.40. The zero-order valence-corrected chi connectivity index (χ0v) is 18.8. The maximum atomic E-state index is 12.6. The summed E-state index contributed by atoms with van der Waals surface area (Å²) in [6.07, 6.45) is 3.24. The highest BCUT2D eigenvalue weighted by atomic mass is 16.5. The van der Waals surface area contributed by atoms with E-state index in [0.717, 1.165) is 53.9 Å². The number of rotatable bonds is 4. The van der Waals surface area contributed by atoms with Crippen molar-refractivity contribution in [3.05, 3.63) is 71.4 Å². The van der Waals surface area contributed by atoms with Gasteiger partial charge in [-0.1, -0.05) is 57.2 Å². The highest BCUT2D eigenvalue weighted by Crippen LogP contribution is 2.31. The predicted molar refractivity (Wildman–Crippen MR) is 126 cm³/mol. The average Bonchev–Trinajstić information content (AvgIpc) is 2.77. The fourth-order valence-corrected chi connectivity index (χ4v) is 4.14. The molecule has 0 spiro atoms. The number of benzene rings is 2. The van der Waals surface area contributed by atoms with Crippen LogP contribution in [0.15, 0.2) is 54.6 Å². The molecule has 31 heavy (non-hydrogen) atoms. The lowest BCUT2D eigenvalue weighted by atomic mass is 9.87. The monoisotopic (exact) mass is 414 g/mol. The molecule has 1 aromatic heterocycles. The van der Waals surface area contributed by atoms with Gasteiger partial charge in [-0.15, -0.1) is 0 Å². The molecule has 4 heteroatoms. The van der Waals surface area contributed by atoms with Gasteiger partial charge < -0.3 is 10.1 Å². The first kappa shape index (κ1) is 21.1. The quantitative estimate of drug-likeness (QED) is 0.520. The molecule has 0 unspecified atom stereocenters. The van der Waals surface area contributed by atoms with Crippen LogP contribution in [0.5, 0.6) is 0 Å². The Kier molecular flexibility index (Phi) is 5.81. The number of methoxy groups -OCH3 is 1. The van der Waals surface area contributed by atoms with Crippen molar-refractivity contribution in [2.45, 2.75) is 40.0 Å². The summed E-state index contributed by atoms with van der Waals surface area (Å²) in [6.45, 7) is 7.68. The standard InChI is InChI=1S/C27H30N2O2/c1-27(2,3)17-18-7-9-19(10-8-18)22-13-14-23(29-25(22)26(30)31-4)21-12-11-20-6-5-15-28-24(20)16-21/h7-14,16,28H,5-6,15,17H2,1-4H3. The SMILES string of the molecule is COC(=O)c1nc(-c2ccc3c(c2)NCCC3)ccc1-c1ccc(CC(C)(C)C)cc1. The van der Waals surface area contributed by atoms with Crippen molar-refractivity contribution >= 4 is 11.7 Å². The number of carbonyl (C=O) groups excluding carboxylic acids is 1. The lowest BCUT2D eigenvalue weighted by Gasteiger charge is -2.19. The molecule has 1 aliphatic heterocycles. The van der Waals surface area contributed by atoms with Gasteiger partial charge in [0.1, 0.15) is 0 Å². The summed E-state index contributed by atoms with van der Waals surface area (Å²) in [6, 6.07) is 18.7. The Morgan fingerprint density at radius 2 is 1.77 bits per heavy atom. The van der Waals surface area contributed by atoms with E-state index in [4.69, 9.17) is 9.72 Å². The molecule has 0 saturated heterocycles. The Morgan fingerprint density at radius 3 is 2.48 bits per heavy atom. The zero-order chi connectivity index (χ0) is 22.0. The number of aryl methyl sites for hydroxylation is 1. The van der Waals surface area contributed by atoms with E-state index >= 15 is 0 Å². The van der Waals surface area contributed by atoms with E-state index in [1.54, 1.807) is 0 Å². The maximum Gasteiger partial charge on any atom is 0.357 e. The van der Waals surface area contributed by atoms with Gasteiger partial charge in [0.05, 0.1) is 12.8 Å². The number of pyridine rings is 1. The molecule has 1 N–H and O–H groups in total. The molecular weight excluding hydrogens is 384 g/mol. The second-order valence-corrected chi connectivity index (χ2v) is 9.42. The van der Waals surface area contributed by atoms with Crippen molar-refractivity contribution in [3.63, 3.8) is 0 Å². The molecule has 0 fully saturated rings. The largest absolute Gasteiger partial charge is 0.464 e. The molecule has 3 aromatic rings. The topological polar surface area (TPSA) is 51.2 Å². The van der Waals surface area contributed by atoms with Crippen LogP contribution in [0.4, 0.5) is 5.69 Å². The number of hydrogen-bond acceptors (Lipinski definition) is 4. The van der Waals surface area contributed by atoms with E-state index in [-0.39, 0.29) is 5.41 Å². The molecule has 0 atom stereocenters. The summed E-state index contributed by atoms with van der Waals surface area (Å²) >= 11 is 0. The second-order valence-electron chi connectivity index (χ2n) is 9.42. The fourth-order valence-electron chi connectivity index (χ4n) is 4.14. The molecule has 4 rings (SSSR count). The number of anilines is 1. The van der Waals surface area contributed by atoms with E-state index in [0.29, 0.717) is 5.69 Å². The lowest BCUT2D eigenvalue weighted by Crippen LogP contribution is -2.11. The van der Waals surface area contributed by atoms with Crippen molar-refractivity contribution < 1.29 is 9.53 Å². The third-order valence-electron chi connectivity index (χ3n) is 5.62. The Morgan fingerprint density at radius 1 is 1.03 bits per heavy atom. The summed E-state index contributed by atoms with van der Waals surface area (Å²) < 4.78 is 5.06. The second kappa shape index (κ2) is 8.54. The molecule has 160 valence electrons. The predicted octanol–water partition coefficient (Wildman–Crippen LogP) is 6.15. The van der Waals surface area contributed by atoms with Crippen LogP contribution in [0.25, 0.3) is 22.4 Å². The summed E-state index contributed by atoms with van der Waals surface area (Å²) in [5.41, 5.74) is 7.84.